The molecule has 0 aliphatic heterocycles. The highest BCUT2D eigenvalue weighted by molar-refractivity contribution is 6.30. The molecule has 7 nitrogen and oxygen atoms in total. The van der Waals surface area contributed by atoms with E-state index in [0.717, 1.165) is 16.5 Å². The second-order valence-electron chi connectivity index (χ2n) is 6.23. The second kappa shape index (κ2) is 8.04. The fourth-order valence-corrected chi connectivity index (χ4v) is 3.09. The number of rotatable bonds is 5. The molecule has 5 N–H and O–H groups in total. The van der Waals surface area contributed by atoms with Gasteiger partial charge in [0.15, 0.2) is 11.6 Å². The Kier molecular flexibility index (Phi) is 5.13. The van der Waals surface area contributed by atoms with E-state index in [2.05, 4.69) is 26.1 Å². The molecule has 1 heterocycles. The number of fused-ring (bicyclic) bond motifs is 1. The van der Waals surface area contributed by atoms with Crippen LogP contribution in [-0.2, 0) is 0 Å². The first-order valence-corrected chi connectivity index (χ1v) is 9.17. The van der Waals surface area contributed by atoms with E-state index in [0.29, 0.717) is 16.4 Å². The molecule has 1 aromatic heterocycles. The molecule has 4 rings (SSSR count). The molecule has 144 valence electrons. The summed E-state index contributed by atoms with van der Waals surface area (Å²) in [5.41, 5.74) is 13.1. The molecule has 0 atom stereocenters. The minimum Gasteiger partial charge on any atom is -0.393 e. The standard InChI is InChI=1S/C21H17ClN6O/c22-14-7-4-8-15(11-14)26-19-18(23)20(25-12-24-19)27-28-21(29)17-10-3-6-13-5-1-2-9-16(13)17/h1-12H,23H2,(H,28,29)(H2,24,25,26,27). The third kappa shape index (κ3) is 4.04. The lowest BCUT2D eigenvalue weighted by Crippen LogP contribution is -2.30. The highest BCUT2D eigenvalue weighted by atomic mass is 35.5. The van der Waals surface area contributed by atoms with E-state index in [1.165, 1.54) is 6.33 Å². The van der Waals surface area contributed by atoms with E-state index in [1.54, 1.807) is 18.2 Å². The van der Waals surface area contributed by atoms with Gasteiger partial charge in [-0.25, -0.2) is 9.97 Å². The molecule has 0 fully saturated rings. The SMILES string of the molecule is Nc1c(NNC(=O)c2cccc3ccccc23)ncnc1Nc1cccc(Cl)c1. The van der Waals surface area contributed by atoms with Gasteiger partial charge >= 0.3 is 0 Å². The molecule has 0 spiro atoms. The minimum atomic E-state index is -0.302. The maximum Gasteiger partial charge on any atom is 0.270 e. The van der Waals surface area contributed by atoms with Crippen LogP contribution in [-0.4, -0.2) is 15.9 Å². The van der Waals surface area contributed by atoms with Crippen molar-refractivity contribution in [1.82, 2.24) is 15.4 Å². The maximum absolute atomic E-state index is 12.7. The van der Waals surface area contributed by atoms with Gasteiger partial charge in [0.25, 0.3) is 5.91 Å². The zero-order chi connectivity index (χ0) is 20.2. The topological polar surface area (TPSA) is 105 Å². The molecule has 3 aromatic carbocycles. The van der Waals surface area contributed by atoms with E-state index in [4.69, 9.17) is 17.3 Å². The molecule has 4 aromatic rings. The van der Waals surface area contributed by atoms with E-state index < -0.39 is 0 Å². The molecule has 1 amide bonds. The van der Waals surface area contributed by atoms with Crippen molar-refractivity contribution in [3.8, 4) is 0 Å². The number of anilines is 4. The molecule has 0 saturated carbocycles. The third-order valence-corrected chi connectivity index (χ3v) is 4.54. The van der Waals surface area contributed by atoms with Crippen molar-refractivity contribution in [2.24, 2.45) is 0 Å². The molecule has 0 unspecified atom stereocenters. The predicted molar refractivity (Wildman–Crippen MR) is 116 cm³/mol. The summed E-state index contributed by atoms with van der Waals surface area (Å²) in [5.74, 6) is 0.367. The number of hydrogen-bond acceptors (Lipinski definition) is 6. The zero-order valence-electron chi connectivity index (χ0n) is 15.2. The number of nitrogens with one attached hydrogen (secondary N) is 3. The Balaban J connectivity index is 1.52. The first kappa shape index (κ1) is 18.5. The third-order valence-electron chi connectivity index (χ3n) is 4.30. The monoisotopic (exact) mass is 404 g/mol. The Morgan fingerprint density at radius 2 is 1.69 bits per heavy atom. The largest absolute Gasteiger partial charge is 0.393 e. The average Bonchev–Trinajstić information content (AvgIpc) is 2.74. The lowest BCUT2D eigenvalue weighted by atomic mass is 10.0. The molecule has 0 saturated heterocycles. The smallest absolute Gasteiger partial charge is 0.270 e. The number of benzene rings is 3. The van der Waals surface area contributed by atoms with Gasteiger partial charge in [0.05, 0.1) is 0 Å². The average molecular weight is 405 g/mol. The Bertz CT molecular complexity index is 1190. The van der Waals surface area contributed by atoms with Gasteiger partial charge in [-0.3, -0.25) is 15.6 Å². The van der Waals surface area contributed by atoms with Crippen LogP contribution in [0.15, 0.2) is 73.1 Å². The summed E-state index contributed by atoms with van der Waals surface area (Å²) in [6, 6.07) is 20.4. The highest BCUT2D eigenvalue weighted by Crippen LogP contribution is 2.26. The van der Waals surface area contributed by atoms with Crippen LogP contribution < -0.4 is 21.9 Å². The first-order valence-electron chi connectivity index (χ1n) is 8.79. The summed E-state index contributed by atoms with van der Waals surface area (Å²) in [5, 5.41) is 5.51. The molecule has 0 bridgehead atoms. The molecule has 0 aliphatic rings. The Labute approximate surface area is 171 Å². The summed E-state index contributed by atoms with van der Waals surface area (Å²) < 4.78 is 0. The molecule has 29 heavy (non-hydrogen) atoms. The van der Waals surface area contributed by atoms with E-state index in [-0.39, 0.29) is 17.4 Å². The van der Waals surface area contributed by atoms with Gasteiger partial charge in [0.1, 0.15) is 12.0 Å². The normalized spacial score (nSPS) is 10.5. The molecular formula is C21H17ClN6O. The van der Waals surface area contributed by atoms with Gasteiger partial charge in [0, 0.05) is 16.3 Å². The number of carbonyl (C=O) groups is 1. The number of carbonyl (C=O) groups excluding carboxylic acids is 1. The molecular weight excluding hydrogens is 388 g/mol. The van der Waals surface area contributed by atoms with Gasteiger partial charge in [-0.15, -0.1) is 0 Å². The van der Waals surface area contributed by atoms with Crippen molar-refractivity contribution in [1.29, 1.82) is 0 Å². The Hall–Kier alpha value is -3.84. The van der Waals surface area contributed by atoms with Gasteiger partial charge in [-0.1, -0.05) is 54.1 Å². The van der Waals surface area contributed by atoms with Crippen LogP contribution >= 0.6 is 11.6 Å². The summed E-state index contributed by atoms with van der Waals surface area (Å²) in [7, 11) is 0. The number of aromatic nitrogens is 2. The van der Waals surface area contributed by atoms with Crippen molar-refractivity contribution < 1.29 is 4.79 Å². The van der Waals surface area contributed by atoms with Gasteiger partial charge in [0.2, 0.25) is 0 Å². The van der Waals surface area contributed by atoms with E-state index in [1.807, 2.05) is 48.5 Å². The summed E-state index contributed by atoms with van der Waals surface area (Å²) in [4.78, 5) is 20.9. The van der Waals surface area contributed by atoms with Crippen molar-refractivity contribution in [3.63, 3.8) is 0 Å². The number of nitrogens with zero attached hydrogens (tertiary/aromatic N) is 2. The number of hydrazine groups is 1. The van der Waals surface area contributed by atoms with Crippen molar-refractivity contribution in [2.75, 3.05) is 16.5 Å². The minimum absolute atomic E-state index is 0.255. The number of amides is 1. The number of halogens is 1. The highest BCUT2D eigenvalue weighted by Gasteiger charge is 2.12. The van der Waals surface area contributed by atoms with E-state index in [9.17, 15) is 4.79 Å². The maximum atomic E-state index is 12.7. The number of hydrogen-bond donors (Lipinski definition) is 4. The van der Waals surface area contributed by atoms with Crippen LogP contribution in [0.1, 0.15) is 10.4 Å². The predicted octanol–water partition coefficient (Wildman–Crippen LogP) is 4.37. The van der Waals surface area contributed by atoms with Gasteiger partial charge in [-0.2, -0.15) is 0 Å². The fraction of sp³-hybridized carbons (Fsp3) is 0. The summed E-state index contributed by atoms with van der Waals surface area (Å²) in [6.07, 6.45) is 1.34. The van der Waals surface area contributed by atoms with Crippen molar-refractivity contribution in [2.45, 2.75) is 0 Å². The van der Waals surface area contributed by atoms with Crippen LogP contribution in [0, 0.1) is 0 Å². The van der Waals surface area contributed by atoms with E-state index >= 15 is 0 Å². The van der Waals surface area contributed by atoms with Crippen molar-refractivity contribution >= 4 is 51.3 Å². The lowest BCUT2D eigenvalue weighted by molar-refractivity contribution is 0.0964. The number of nitrogen functional groups attached to an aromatic ring is 1. The quantitative estimate of drug-likeness (QED) is 0.368. The summed E-state index contributed by atoms with van der Waals surface area (Å²) >= 11 is 6.00. The Morgan fingerprint density at radius 3 is 2.55 bits per heavy atom. The van der Waals surface area contributed by atoms with Gasteiger partial charge < -0.3 is 11.1 Å². The van der Waals surface area contributed by atoms with Crippen LogP contribution in [0.5, 0.6) is 0 Å². The van der Waals surface area contributed by atoms with Crippen LogP contribution in [0.4, 0.5) is 23.0 Å². The lowest BCUT2D eigenvalue weighted by Gasteiger charge is -2.14. The summed E-state index contributed by atoms with van der Waals surface area (Å²) in [6.45, 7) is 0. The first-order chi connectivity index (χ1) is 14.1. The van der Waals surface area contributed by atoms with Crippen LogP contribution in [0.25, 0.3) is 10.8 Å². The van der Waals surface area contributed by atoms with Crippen LogP contribution in [0.3, 0.4) is 0 Å². The van der Waals surface area contributed by atoms with Crippen LogP contribution in [0.2, 0.25) is 5.02 Å². The fourth-order valence-electron chi connectivity index (χ4n) is 2.90. The molecule has 0 radical (unpaired) electrons. The number of nitrogens with two attached hydrogens (primary N) is 1. The van der Waals surface area contributed by atoms with Crippen molar-refractivity contribution in [3.05, 3.63) is 83.6 Å². The zero-order valence-corrected chi connectivity index (χ0v) is 15.9. The Morgan fingerprint density at radius 1 is 0.931 bits per heavy atom. The van der Waals surface area contributed by atoms with Gasteiger partial charge in [-0.05, 0) is 35.0 Å². The molecule has 0 aliphatic carbocycles. The second-order valence-corrected chi connectivity index (χ2v) is 6.66. The molecule has 8 heteroatoms.